The number of fused-ring (bicyclic) bond motifs is 1. The molecule has 1 unspecified atom stereocenters. The van der Waals surface area contributed by atoms with Gasteiger partial charge >= 0.3 is 5.69 Å². The number of hydrogen-bond acceptors (Lipinski definition) is 7. The molecular weight excluding hydrogens is 394 g/mol. The average molecular weight is 415 g/mol. The predicted molar refractivity (Wildman–Crippen MR) is 106 cm³/mol. The Labute approximate surface area is 172 Å². The van der Waals surface area contributed by atoms with Gasteiger partial charge in [0, 0.05) is 11.6 Å². The van der Waals surface area contributed by atoms with Crippen molar-refractivity contribution in [2.24, 2.45) is 0 Å². The normalized spacial score (nSPS) is 13.1. The maximum atomic E-state index is 12.3. The molecule has 0 saturated carbocycles. The second-order valence-corrected chi connectivity index (χ2v) is 6.52. The molecule has 0 aromatic heterocycles. The average Bonchev–Trinajstić information content (AvgIpc) is 2.76. The van der Waals surface area contributed by atoms with E-state index in [1.54, 1.807) is 19.1 Å². The molecule has 0 radical (unpaired) electrons. The minimum absolute atomic E-state index is 0.0440. The fraction of sp³-hybridized carbons (Fsp3) is 0.300. The third-order valence-corrected chi connectivity index (χ3v) is 4.49. The Morgan fingerprint density at radius 2 is 1.90 bits per heavy atom. The summed E-state index contributed by atoms with van der Waals surface area (Å²) in [4.78, 5) is 34.9. The van der Waals surface area contributed by atoms with Crippen molar-refractivity contribution in [3.8, 4) is 17.2 Å². The van der Waals surface area contributed by atoms with E-state index in [1.807, 2.05) is 6.07 Å². The van der Waals surface area contributed by atoms with Crippen LogP contribution in [-0.2, 0) is 4.79 Å². The van der Waals surface area contributed by atoms with Crippen molar-refractivity contribution in [3.63, 3.8) is 0 Å². The Morgan fingerprint density at radius 1 is 1.17 bits per heavy atom. The van der Waals surface area contributed by atoms with Gasteiger partial charge in [-0.15, -0.1) is 0 Å². The van der Waals surface area contributed by atoms with Crippen molar-refractivity contribution in [3.05, 3.63) is 57.6 Å². The summed E-state index contributed by atoms with van der Waals surface area (Å²) in [5.41, 5.74) is 0.543. The van der Waals surface area contributed by atoms with E-state index >= 15 is 0 Å². The van der Waals surface area contributed by atoms with E-state index in [0.29, 0.717) is 24.7 Å². The van der Waals surface area contributed by atoms with Gasteiger partial charge in [0.2, 0.25) is 5.91 Å². The molecule has 10 heteroatoms. The number of methoxy groups -OCH3 is 1. The van der Waals surface area contributed by atoms with Gasteiger partial charge in [-0.1, -0.05) is 6.07 Å². The second-order valence-electron chi connectivity index (χ2n) is 6.52. The number of hydrogen-bond donors (Lipinski definition) is 2. The van der Waals surface area contributed by atoms with E-state index in [1.165, 1.54) is 19.2 Å². The lowest BCUT2D eigenvalue weighted by molar-refractivity contribution is -0.385. The molecular formula is C20H21N3O7. The molecule has 3 rings (SSSR count). The zero-order valence-electron chi connectivity index (χ0n) is 16.5. The number of amides is 2. The molecule has 1 aliphatic heterocycles. The van der Waals surface area contributed by atoms with E-state index in [2.05, 4.69) is 10.6 Å². The van der Waals surface area contributed by atoms with E-state index in [4.69, 9.17) is 14.2 Å². The largest absolute Gasteiger partial charge is 0.490 e. The predicted octanol–water partition coefficient (Wildman–Crippen LogP) is 1.98. The number of carbonyl (C=O) groups excluding carboxylic acids is 2. The first-order valence-corrected chi connectivity index (χ1v) is 9.18. The number of nitro benzene ring substituents is 1. The van der Waals surface area contributed by atoms with Crippen LogP contribution in [0, 0.1) is 10.1 Å². The van der Waals surface area contributed by atoms with Gasteiger partial charge in [-0.3, -0.25) is 19.7 Å². The number of nitrogens with zero attached hydrogens (tertiary/aromatic N) is 1. The summed E-state index contributed by atoms with van der Waals surface area (Å²) in [6.07, 6.45) is 0. The maximum Gasteiger partial charge on any atom is 0.311 e. The number of carbonyl (C=O) groups is 2. The number of nitro groups is 1. The molecule has 2 aromatic carbocycles. The van der Waals surface area contributed by atoms with Crippen LogP contribution in [0.1, 0.15) is 28.9 Å². The van der Waals surface area contributed by atoms with Crippen molar-refractivity contribution in [1.29, 1.82) is 0 Å². The first kappa shape index (κ1) is 20.9. The highest BCUT2D eigenvalue weighted by molar-refractivity contribution is 5.97. The van der Waals surface area contributed by atoms with Crippen LogP contribution in [0.25, 0.3) is 0 Å². The van der Waals surface area contributed by atoms with E-state index in [0.717, 1.165) is 11.6 Å². The highest BCUT2D eigenvalue weighted by Gasteiger charge is 2.19. The molecule has 1 heterocycles. The van der Waals surface area contributed by atoms with Crippen LogP contribution in [0.15, 0.2) is 36.4 Å². The molecule has 1 atom stereocenters. The van der Waals surface area contributed by atoms with Crippen LogP contribution in [0.2, 0.25) is 0 Å². The smallest absolute Gasteiger partial charge is 0.311 e. The van der Waals surface area contributed by atoms with Gasteiger partial charge in [0.1, 0.15) is 13.2 Å². The summed E-state index contributed by atoms with van der Waals surface area (Å²) >= 11 is 0. The van der Waals surface area contributed by atoms with Crippen LogP contribution >= 0.6 is 0 Å². The molecule has 0 spiro atoms. The van der Waals surface area contributed by atoms with Crippen LogP contribution in [0.4, 0.5) is 5.69 Å². The van der Waals surface area contributed by atoms with Gasteiger partial charge < -0.3 is 24.8 Å². The summed E-state index contributed by atoms with van der Waals surface area (Å²) < 4.78 is 15.9. The summed E-state index contributed by atoms with van der Waals surface area (Å²) in [6.45, 7) is 2.48. The number of benzene rings is 2. The summed E-state index contributed by atoms with van der Waals surface area (Å²) in [7, 11) is 1.30. The zero-order valence-corrected chi connectivity index (χ0v) is 16.5. The third kappa shape index (κ3) is 4.77. The lowest BCUT2D eigenvalue weighted by Crippen LogP contribution is -2.38. The van der Waals surface area contributed by atoms with E-state index < -0.39 is 16.7 Å². The lowest BCUT2D eigenvalue weighted by Gasteiger charge is -2.21. The maximum absolute atomic E-state index is 12.3. The molecule has 158 valence electrons. The zero-order chi connectivity index (χ0) is 21.7. The first-order chi connectivity index (χ1) is 14.4. The highest BCUT2D eigenvalue weighted by atomic mass is 16.6. The molecule has 0 bridgehead atoms. The topological polar surface area (TPSA) is 129 Å². The standard InChI is InChI=1S/C20H21N3O7/c1-12(13-3-6-17-18(10-13)30-8-7-29-17)22-19(24)11-21-20(25)14-4-5-16(28-2)15(9-14)23(26)27/h3-6,9-10,12H,7-8,11H2,1-2H3,(H,21,25)(H,22,24). The quantitative estimate of drug-likeness (QED) is 0.522. The molecule has 10 nitrogen and oxygen atoms in total. The van der Waals surface area contributed by atoms with E-state index in [9.17, 15) is 19.7 Å². The molecule has 0 saturated heterocycles. The van der Waals surface area contributed by atoms with Gasteiger partial charge in [-0.2, -0.15) is 0 Å². The van der Waals surface area contributed by atoms with Crippen molar-refractivity contribution >= 4 is 17.5 Å². The minimum Gasteiger partial charge on any atom is -0.490 e. The summed E-state index contributed by atoms with van der Waals surface area (Å²) in [6, 6.07) is 8.90. The van der Waals surface area contributed by atoms with E-state index in [-0.39, 0.29) is 29.6 Å². The summed E-state index contributed by atoms with van der Waals surface area (Å²) in [5.74, 6) is 0.304. The molecule has 2 N–H and O–H groups in total. The van der Waals surface area contributed by atoms with Gasteiger partial charge in [0.25, 0.3) is 5.91 Å². The first-order valence-electron chi connectivity index (χ1n) is 9.18. The Bertz CT molecular complexity index is 977. The third-order valence-electron chi connectivity index (χ3n) is 4.49. The summed E-state index contributed by atoms with van der Waals surface area (Å²) in [5, 5.41) is 16.3. The minimum atomic E-state index is -0.642. The molecule has 2 aromatic rings. The van der Waals surface area contributed by atoms with Crippen molar-refractivity contribution in [2.75, 3.05) is 26.9 Å². The second kappa shape index (κ2) is 9.12. The number of ether oxygens (including phenoxy) is 3. The Kier molecular flexibility index (Phi) is 6.35. The highest BCUT2D eigenvalue weighted by Crippen LogP contribution is 2.32. The van der Waals surface area contributed by atoms with Gasteiger partial charge in [0.05, 0.1) is 24.6 Å². The Morgan fingerprint density at radius 3 is 2.60 bits per heavy atom. The van der Waals surface area contributed by atoms with Crippen LogP contribution in [-0.4, -0.2) is 43.6 Å². The lowest BCUT2D eigenvalue weighted by atomic mass is 10.1. The SMILES string of the molecule is COc1ccc(C(=O)NCC(=O)NC(C)c2ccc3c(c2)OCCO3)cc1[N+](=O)[O-]. The van der Waals surface area contributed by atoms with Gasteiger partial charge in [-0.25, -0.2) is 0 Å². The van der Waals surface area contributed by atoms with Gasteiger partial charge in [-0.05, 0) is 36.8 Å². The van der Waals surface area contributed by atoms with Gasteiger partial charge in [0.15, 0.2) is 17.2 Å². The Hall–Kier alpha value is -3.82. The van der Waals surface area contributed by atoms with Crippen LogP contribution < -0.4 is 24.8 Å². The molecule has 2 amide bonds. The molecule has 0 fully saturated rings. The van der Waals surface area contributed by atoms with Crippen LogP contribution in [0.5, 0.6) is 17.2 Å². The van der Waals surface area contributed by atoms with Crippen molar-refractivity contribution in [1.82, 2.24) is 10.6 Å². The van der Waals surface area contributed by atoms with Crippen molar-refractivity contribution < 1.29 is 28.7 Å². The molecule has 30 heavy (non-hydrogen) atoms. The van der Waals surface area contributed by atoms with Crippen LogP contribution in [0.3, 0.4) is 0 Å². The number of nitrogens with one attached hydrogen (secondary N) is 2. The molecule has 0 aliphatic carbocycles. The Balaban J connectivity index is 1.57. The number of rotatable bonds is 7. The fourth-order valence-corrected chi connectivity index (χ4v) is 2.94. The molecule has 1 aliphatic rings. The fourth-order valence-electron chi connectivity index (χ4n) is 2.94. The van der Waals surface area contributed by atoms with Crippen molar-refractivity contribution in [2.45, 2.75) is 13.0 Å². The monoisotopic (exact) mass is 415 g/mol.